The number of nitrogens with zero attached hydrogens (tertiary/aromatic N) is 4. The van der Waals surface area contributed by atoms with Crippen LogP contribution in [-0.4, -0.2) is 34.0 Å². The minimum atomic E-state index is 0.736. The second-order valence-electron chi connectivity index (χ2n) is 5.20. The summed E-state index contributed by atoms with van der Waals surface area (Å²) in [4.78, 5) is 15.3. The van der Waals surface area contributed by atoms with Gasteiger partial charge in [-0.15, -0.1) is 0 Å². The highest BCUT2D eigenvalue weighted by atomic mass is 16.5. The molecule has 3 aromatic rings. The lowest BCUT2D eigenvalue weighted by Crippen LogP contribution is -2.18. The van der Waals surface area contributed by atoms with Crippen molar-refractivity contribution in [3.05, 3.63) is 60.3 Å². The number of pyridine rings is 1. The molecule has 0 aliphatic carbocycles. The van der Waals surface area contributed by atoms with Crippen LogP contribution in [0.25, 0.3) is 10.9 Å². The molecule has 0 bridgehead atoms. The van der Waals surface area contributed by atoms with Crippen LogP contribution >= 0.6 is 0 Å². The smallest absolute Gasteiger partial charge is 0.145 e. The van der Waals surface area contributed by atoms with Gasteiger partial charge in [0.2, 0.25) is 0 Å². The summed E-state index contributed by atoms with van der Waals surface area (Å²) in [6, 6.07) is 10.1. The summed E-state index contributed by atoms with van der Waals surface area (Å²) in [5, 5.41) is 1.08. The third kappa shape index (κ3) is 3.20. The van der Waals surface area contributed by atoms with Crippen molar-refractivity contribution < 1.29 is 4.74 Å². The van der Waals surface area contributed by atoms with E-state index in [-0.39, 0.29) is 0 Å². The van der Waals surface area contributed by atoms with Crippen molar-refractivity contribution in [2.45, 2.75) is 13.1 Å². The van der Waals surface area contributed by atoms with Gasteiger partial charge in [-0.05, 0) is 19.2 Å². The number of fused-ring (bicyclic) bond motifs is 1. The number of para-hydroxylation sites is 1. The van der Waals surface area contributed by atoms with E-state index in [1.807, 2.05) is 25.2 Å². The van der Waals surface area contributed by atoms with E-state index >= 15 is 0 Å². The zero-order valence-electron chi connectivity index (χ0n) is 12.7. The van der Waals surface area contributed by atoms with Gasteiger partial charge in [-0.2, -0.15) is 0 Å². The second-order valence-corrected chi connectivity index (χ2v) is 5.20. The Hall–Kier alpha value is -2.53. The number of hydrogen-bond acceptors (Lipinski definition) is 5. The van der Waals surface area contributed by atoms with Crippen LogP contribution in [0.1, 0.15) is 11.4 Å². The Morgan fingerprint density at radius 2 is 1.91 bits per heavy atom. The summed E-state index contributed by atoms with van der Waals surface area (Å²) < 4.78 is 5.39. The fourth-order valence-corrected chi connectivity index (χ4v) is 2.43. The van der Waals surface area contributed by atoms with Crippen LogP contribution in [0.4, 0.5) is 0 Å². The number of rotatable bonds is 5. The molecule has 0 amide bonds. The maximum absolute atomic E-state index is 5.39. The average molecular weight is 294 g/mol. The summed E-state index contributed by atoms with van der Waals surface area (Å²) in [7, 11) is 3.71. The first-order valence-electron chi connectivity index (χ1n) is 7.12. The molecule has 22 heavy (non-hydrogen) atoms. The van der Waals surface area contributed by atoms with Crippen LogP contribution in [-0.2, 0) is 13.1 Å². The van der Waals surface area contributed by atoms with Crippen LogP contribution in [0, 0.1) is 0 Å². The molecule has 0 spiro atoms. The van der Waals surface area contributed by atoms with Crippen molar-refractivity contribution in [2.24, 2.45) is 0 Å². The van der Waals surface area contributed by atoms with Gasteiger partial charge >= 0.3 is 0 Å². The Bertz CT molecular complexity index is 761. The highest BCUT2D eigenvalue weighted by Crippen LogP contribution is 2.23. The van der Waals surface area contributed by atoms with E-state index in [9.17, 15) is 0 Å². The standard InChI is InChI=1S/C17H18N4O/c1-21(12-15-10-18-8-9-19-15)11-14-7-6-13-4-3-5-16(22-2)17(13)20-14/h3-10H,11-12H2,1-2H3. The average Bonchev–Trinajstić information content (AvgIpc) is 2.55. The normalized spacial score (nSPS) is 11.0. The van der Waals surface area contributed by atoms with Gasteiger partial charge in [0.25, 0.3) is 0 Å². The van der Waals surface area contributed by atoms with E-state index < -0.39 is 0 Å². The third-order valence-electron chi connectivity index (χ3n) is 3.44. The lowest BCUT2D eigenvalue weighted by atomic mass is 10.2. The number of aromatic nitrogens is 3. The third-order valence-corrected chi connectivity index (χ3v) is 3.44. The predicted molar refractivity (Wildman–Crippen MR) is 85.5 cm³/mol. The number of benzene rings is 1. The van der Waals surface area contributed by atoms with Gasteiger partial charge in [0.05, 0.1) is 18.5 Å². The zero-order chi connectivity index (χ0) is 15.4. The molecule has 0 unspecified atom stereocenters. The van der Waals surface area contributed by atoms with Gasteiger partial charge in [0.15, 0.2) is 0 Å². The van der Waals surface area contributed by atoms with Crippen LogP contribution in [0.2, 0.25) is 0 Å². The Labute approximate surface area is 129 Å². The Morgan fingerprint density at radius 3 is 2.68 bits per heavy atom. The van der Waals surface area contributed by atoms with Crippen LogP contribution in [0.15, 0.2) is 48.9 Å². The molecule has 2 heterocycles. The molecule has 112 valence electrons. The van der Waals surface area contributed by atoms with Crippen molar-refractivity contribution >= 4 is 10.9 Å². The summed E-state index contributed by atoms with van der Waals surface area (Å²) in [5.74, 6) is 0.802. The number of ether oxygens (including phenoxy) is 1. The summed E-state index contributed by atoms with van der Waals surface area (Å²) in [6.45, 7) is 1.48. The van der Waals surface area contributed by atoms with Crippen LogP contribution in [0.3, 0.4) is 0 Å². The lowest BCUT2D eigenvalue weighted by Gasteiger charge is -2.16. The molecule has 0 atom stereocenters. The van der Waals surface area contributed by atoms with Gasteiger partial charge in [-0.3, -0.25) is 14.9 Å². The van der Waals surface area contributed by atoms with E-state index in [2.05, 4.69) is 27.0 Å². The quantitative estimate of drug-likeness (QED) is 0.724. The van der Waals surface area contributed by atoms with Gasteiger partial charge < -0.3 is 4.74 Å². The van der Waals surface area contributed by atoms with Crippen molar-refractivity contribution in [3.8, 4) is 5.75 Å². The van der Waals surface area contributed by atoms with E-state index in [0.29, 0.717) is 0 Å². The number of methoxy groups -OCH3 is 1. The predicted octanol–water partition coefficient (Wildman–Crippen LogP) is 2.67. The summed E-state index contributed by atoms with van der Waals surface area (Å²) in [5.41, 5.74) is 2.85. The molecule has 0 radical (unpaired) electrons. The molecule has 5 heteroatoms. The Kier molecular flexibility index (Phi) is 4.25. The lowest BCUT2D eigenvalue weighted by molar-refractivity contribution is 0.311. The monoisotopic (exact) mass is 294 g/mol. The van der Waals surface area contributed by atoms with E-state index in [1.165, 1.54) is 0 Å². The van der Waals surface area contributed by atoms with Crippen molar-refractivity contribution in [3.63, 3.8) is 0 Å². The van der Waals surface area contributed by atoms with Gasteiger partial charge in [-0.1, -0.05) is 18.2 Å². The first-order valence-corrected chi connectivity index (χ1v) is 7.12. The minimum Gasteiger partial charge on any atom is -0.494 e. The first kappa shape index (κ1) is 14.4. The molecule has 0 aliphatic heterocycles. The molecular formula is C17H18N4O. The first-order chi connectivity index (χ1) is 10.8. The van der Waals surface area contributed by atoms with Crippen molar-refractivity contribution in [1.29, 1.82) is 0 Å². The largest absolute Gasteiger partial charge is 0.494 e. The maximum atomic E-state index is 5.39. The molecule has 5 nitrogen and oxygen atoms in total. The molecule has 0 saturated heterocycles. The fourth-order valence-electron chi connectivity index (χ4n) is 2.43. The summed E-state index contributed by atoms with van der Waals surface area (Å²) >= 11 is 0. The highest BCUT2D eigenvalue weighted by molar-refractivity contribution is 5.84. The molecule has 0 saturated carbocycles. The maximum Gasteiger partial charge on any atom is 0.145 e. The fraction of sp³-hybridized carbons (Fsp3) is 0.235. The Morgan fingerprint density at radius 1 is 1.05 bits per heavy atom. The molecule has 2 aromatic heterocycles. The van der Waals surface area contributed by atoms with Crippen LogP contribution in [0.5, 0.6) is 5.75 Å². The number of hydrogen-bond donors (Lipinski definition) is 0. The van der Waals surface area contributed by atoms with Crippen LogP contribution < -0.4 is 4.74 Å². The van der Waals surface area contributed by atoms with Crippen molar-refractivity contribution in [1.82, 2.24) is 19.9 Å². The molecular weight excluding hydrogens is 276 g/mol. The van der Waals surface area contributed by atoms with E-state index in [0.717, 1.165) is 41.1 Å². The van der Waals surface area contributed by atoms with Crippen molar-refractivity contribution in [2.75, 3.05) is 14.2 Å². The molecule has 0 aliphatic rings. The molecule has 0 N–H and O–H groups in total. The molecule has 1 aromatic carbocycles. The zero-order valence-corrected chi connectivity index (χ0v) is 12.7. The minimum absolute atomic E-state index is 0.736. The van der Waals surface area contributed by atoms with Gasteiger partial charge in [0.1, 0.15) is 11.3 Å². The van der Waals surface area contributed by atoms with E-state index in [1.54, 1.807) is 25.7 Å². The molecule has 3 rings (SSSR count). The highest BCUT2D eigenvalue weighted by Gasteiger charge is 2.07. The second kappa shape index (κ2) is 6.49. The van der Waals surface area contributed by atoms with Gasteiger partial charge in [0, 0.05) is 37.1 Å². The molecule has 0 fully saturated rings. The Balaban J connectivity index is 1.79. The SMILES string of the molecule is COc1cccc2ccc(CN(C)Cc3cnccn3)nc12. The topological polar surface area (TPSA) is 51.1 Å². The van der Waals surface area contributed by atoms with Gasteiger partial charge in [-0.25, -0.2) is 4.98 Å². The summed E-state index contributed by atoms with van der Waals surface area (Å²) in [6.07, 6.45) is 5.18. The van der Waals surface area contributed by atoms with E-state index in [4.69, 9.17) is 9.72 Å².